The Balaban J connectivity index is 1.58. The number of carbonyl (C=O) groups excluding carboxylic acids is 1. The minimum atomic E-state index is 0.219. The molecule has 1 N–H and O–H groups in total. The molecular formula is C15H22N2OS. The first-order chi connectivity index (χ1) is 9.24. The molecule has 2 aliphatic rings. The van der Waals surface area contributed by atoms with Gasteiger partial charge in [-0.05, 0) is 49.1 Å². The topological polar surface area (TPSA) is 32.3 Å². The van der Waals surface area contributed by atoms with Gasteiger partial charge < -0.3 is 10.2 Å². The normalized spacial score (nSPS) is 24.3. The van der Waals surface area contributed by atoms with Crippen molar-refractivity contribution < 1.29 is 4.79 Å². The maximum Gasteiger partial charge on any atom is 0.219 e. The molecule has 4 heteroatoms. The standard InChI is InChI=1S/C15H22N2OS/c1-11(18)17-8-5-12(6-9-17)16-14-3-2-4-15-13(14)7-10-19-15/h7,10,12,14,16H,2-6,8-9H2,1H3. The summed E-state index contributed by atoms with van der Waals surface area (Å²) in [7, 11) is 0. The molecule has 1 saturated heterocycles. The molecule has 0 radical (unpaired) electrons. The van der Waals surface area contributed by atoms with Gasteiger partial charge in [-0.15, -0.1) is 11.3 Å². The molecule has 1 unspecified atom stereocenters. The molecule has 1 aromatic heterocycles. The van der Waals surface area contributed by atoms with Gasteiger partial charge in [0.05, 0.1) is 0 Å². The molecule has 1 fully saturated rings. The lowest BCUT2D eigenvalue weighted by molar-refractivity contribution is -0.129. The minimum absolute atomic E-state index is 0.219. The number of likely N-dealkylation sites (tertiary alicyclic amines) is 1. The molecule has 0 aromatic carbocycles. The van der Waals surface area contributed by atoms with Crippen LogP contribution in [0.2, 0.25) is 0 Å². The lowest BCUT2D eigenvalue weighted by Crippen LogP contribution is -2.45. The van der Waals surface area contributed by atoms with Crippen molar-refractivity contribution in [2.45, 2.75) is 51.1 Å². The second kappa shape index (κ2) is 5.63. The van der Waals surface area contributed by atoms with Crippen LogP contribution in [0.3, 0.4) is 0 Å². The van der Waals surface area contributed by atoms with Crippen molar-refractivity contribution in [2.24, 2.45) is 0 Å². The number of rotatable bonds is 2. The molecule has 1 amide bonds. The van der Waals surface area contributed by atoms with Crippen molar-refractivity contribution in [3.8, 4) is 0 Å². The zero-order valence-electron chi connectivity index (χ0n) is 11.5. The molecule has 0 bridgehead atoms. The van der Waals surface area contributed by atoms with Crippen molar-refractivity contribution in [2.75, 3.05) is 13.1 Å². The molecule has 2 heterocycles. The molecule has 3 rings (SSSR count). The van der Waals surface area contributed by atoms with Gasteiger partial charge in [-0.1, -0.05) is 0 Å². The smallest absolute Gasteiger partial charge is 0.219 e. The molecule has 1 aromatic rings. The van der Waals surface area contributed by atoms with Gasteiger partial charge in [0, 0.05) is 37.0 Å². The maximum absolute atomic E-state index is 11.3. The monoisotopic (exact) mass is 278 g/mol. The van der Waals surface area contributed by atoms with E-state index in [1.807, 2.05) is 16.2 Å². The van der Waals surface area contributed by atoms with Gasteiger partial charge in [-0.2, -0.15) is 0 Å². The first-order valence-electron chi connectivity index (χ1n) is 7.32. The Hall–Kier alpha value is -0.870. The highest BCUT2D eigenvalue weighted by molar-refractivity contribution is 7.10. The number of aryl methyl sites for hydroxylation is 1. The lowest BCUT2D eigenvalue weighted by atomic mass is 9.92. The third-order valence-corrected chi connectivity index (χ3v) is 5.43. The van der Waals surface area contributed by atoms with Crippen LogP contribution in [-0.4, -0.2) is 29.9 Å². The fourth-order valence-electron chi connectivity index (χ4n) is 3.31. The molecule has 0 saturated carbocycles. The predicted octanol–water partition coefficient (Wildman–Crippen LogP) is 2.73. The number of fused-ring (bicyclic) bond motifs is 1. The first-order valence-corrected chi connectivity index (χ1v) is 8.20. The van der Waals surface area contributed by atoms with E-state index in [1.54, 1.807) is 11.8 Å². The van der Waals surface area contributed by atoms with Crippen LogP contribution in [0, 0.1) is 0 Å². The van der Waals surface area contributed by atoms with E-state index in [9.17, 15) is 4.79 Å². The largest absolute Gasteiger partial charge is 0.343 e. The van der Waals surface area contributed by atoms with Gasteiger partial charge in [0.2, 0.25) is 5.91 Å². The van der Waals surface area contributed by atoms with Crippen molar-refractivity contribution >= 4 is 17.2 Å². The van der Waals surface area contributed by atoms with E-state index in [2.05, 4.69) is 16.8 Å². The quantitative estimate of drug-likeness (QED) is 0.902. The van der Waals surface area contributed by atoms with Gasteiger partial charge in [0.15, 0.2) is 0 Å². The highest BCUT2D eigenvalue weighted by Crippen LogP contribution is 2.34. The zero-order chi connectivity index (χ0) is 13.2. The summed E-state index contributed by atoms with van der Waals surface area (Å²) in [6.45, 7) is 3.50. The average molecular weight is 278 g/mol. The zero-order valence-corrected chi connectivity index (χ0v) is 12.3. The van der Waals surface area contributed by atoms with Crippen LogP contribution in [0.1, 0.15) is 49.1 Å². The van der Waals surface area contributed by atoms with Crippen molar-refractivity contribution in [3.05, 3.63) is 21.9 Å². The maximum atomic E-state index is 11.3. The van der Waals surface area contributed by atoms with E-state index in [-0.39, 0.29) is 5.91 Å². The summed E-state index contributed by atoms with van der Waals surface area (Å²) in [5, 5.41) is 6.05. The second-order valence-corrected chi connectivity index (χ2v) is 6.69. The number of hydrogen-bond acceptors (Lipinski definition) is 3. The molecule has 1 atom stereocenters. The average Bonchev–Trinajstić information content (AvgIpc) is 2.89. The van der Waals surface area contributed by atoms with E-state index < -0.39 is 0 Å². The number of thiophene rings is 1. The molecule has 19 heavy (non-hydrogen) atoms. The summed E-state index contributed by atoms with van der Waals surface area (Å²) in [5.74, 6) is 0.219. The van der Waals surface area contributed by atoms with Gasteiger partial charge in [-0.25, -0.2) is 0 Å². The minimum Gasteiger partial charge on any atom is -0.343 e. The predicted molar refractivity (Wildman–Crippen MR) is 78.4 cm³/mol. The summed E-state index contributed by atoms with van der Waals surface area (Å²) in [6, 6.07) is 3.41. The number of carbonyl (C=O) groups is 1. The second-order valence-electron chi connectivity index (χ2n) is 5.69. The summed E-state index contributed by atoms with van der Waals surface area (Å²) in [6.07, 6.45) is 6.01. The van der Waals surface area contributed by atoms with Gasteiger partial charge in [0.1, 0.15) is 0 Å². The van der Waals surface area contributed by atoms with Crippen LogP contribution in [-0.2, 0) is 11.2 Å². The van der Waals surface area contributed by atoms with Crippen molar-refractivity contribution in [1.29, 1.82) is 0 Å². The summed E-state index contributed by atoms with van der Waals surface area (Å²) < 4.78 is 0. The Morgan fingerprint density at radius 1 is 1.37 bits per heavy atom. The number of nitrogens with zero attached hydrogens (tertiary/aromatic N) is 1. The Bertz CT molecular complexity index is 449. The summed E-state index contributed by atoms with van der Waals surface area (Å²) >= 11 is 1.90. The van der Waals surface area contributed by atoms with Crippen LogP contribution in [0.25, 0.3) is 0 Å². The molecule has 1 aliphatic heterocycles. The van der Waals surface area contributed by atoms with Gasteiger partial charge in [0.25, 0.3) is 0 Å². The highest BCUT2D eigenvalue weighted by Gasteiger charge is 2.26. The van der Waals surface area contributed by atoms with E-state index in [0.29, 0.717) is 12.1 Å². The highest BCUT2D eigenvalue weighted by atomic mass is 32.1. The summed E-state index contributed by atoms with van der Waals surface area (Å²) in [5.41, 5.74) is 1.53. The van der Waals surface area contributed by atoms with Crippen LogP contribution in [0.15, 0.2) is 11.4 Å². The Morgan fingerprint density at radius 2 is 2.16 bits per heavy atom. The number of piperidine rings is 1. The number of amides is 1. The molecular weight excluding hydrogens is 256 g/mol. The Morgan fingerprint density at radius 3 is 2.89 bits per heavy atom. The van der Waals surface area contributed by atoms with Crippen molar-refractivity contribution in [1.82, 2.24) is 10.2 Å². The fraction of sp³-hybridized carbons (Fsp3) is 0.667. The van der Waals surface area contributed by atoms with E-state index in [1.165, 1.54) is 24.8 Å². The third kappa shape index (κ3) is 2.84. The summed E-state index contributed by atoms with van der Waals surface area (Å²) in [4.78, 5) is 14.9. The third-order valence-electron chi connectivity index (χ3n) is 4.43. The van der Waals surface area contributed by atoms with E-state index >= 15 is 0 Å². The number of nitrogens with one attached hydrogen (secondary N) is 1. The molecule has 104 valence electrons. The van der Waals surface area contributed by atoms with Crippen LogP contribution in [0.4, 0.5) is 0 Å². The van der Waals surface area contributed by atoms with E-state index in [4.69, 9.17) is 0 Å². The van der Waals surface area contributed by atoms with Gasteiger partial charge >= 0.3 is 0 Å². The van der Waals surface area contributed by atoms with Crippen molar-refractivity contribution in [3.63, 3.8) is 0 Å². The molecule has 0 spiro atoms. The number of hydrogen-bond donors (Lipinski definition) is 1. The van der Waals surface area contributed by atoms with E-state index in [0.717, 1.165) is 25.9 Å². The molecule has 1 aliphatic carbocycles. The van der Waals surface area contributed by atoms with Crippen LogP contribution >= 0.6 is 11.3 Å². The SMILES string of the molecule is CC(=O)N1CCC(NC2CCCc3sccc32)CC1. The van der Waals surface area contributed by atoms with Crippen LogP contribution in [0.5, 0.6) is 0 Å². The van der Waals surface area contributed by atoms with Gasteiger partial charge in [-0.3, -0.25) is 4.79 Å². The van der Waals surface area contributed by atoms with Crippen LogP contribution < -0.4 is 5.32 Å². The fourth-order valence-corrected chi connectivity index (χ4v) is 4.29. The molecule has 3 nitrogen and oxygen atoms in total. The first kappa shape index (κ1) is 13.1. The Labute approximate surface area is 119 Å². The lowest BCUT2D eigenvalue weighted by Gasteiger charge is -2.35. The Kier molecular flexibility index (Phi) is 3.89.